The molecule has 0 fully saturated rings. The van der Waals surface area contributed by atoms with Crippen molar-refractivity contribution in [2.45, 2.75) is 71.5 Å². The van der Waals surface area contributed by atoms with Gasteiger partial charge in [0.2, 0.25) is 0 Å². The maximum absolute atomic E-state index is 14.9. The van der Waals surface area contributed by atoms with Crippen LogP contribution in [0.5, 0.6) is 0 Å². The summed E-state index contributed by atoms with van der Waals surface area (Å²) < 4.78 is 177. The van der Waals surface area contributed by atoms with E-state index >= 15 is 0 Å². The van der Waals surface area contributed by atoms with E-state index in [1.54, 1.807) is 72.8 Å². The number of fused-ring (bicyclic) bond motifs is 5. The Morgan fingerprint density at radius 3 is 1.20 bits per heavy atom. The van der Waals surface area contributed by atoms with Crippen LogP contribution in [-0.2, 0) is 41.1 Å². The van der Waals surface area contributed by atoms with Crippen molar-refractivity contribution < 1.29 is 69.1 Å². The van der Waals surface area contributed by atoms with Crippen LogP contribution in [0.1, 0.15) is 91.3 Å². The van der Waals surface area contributed by atoms with Crippen LogP contribution < -0.4 is 13.6 Å². The summed E-state index contributed by atoms with van der Waals surface area (Å²) in [5.74, 6) is 0. The molecule has 2 aliphatic carbocycles. The Labute approximate surface area is 464 Å². The molecule has 0 saturated heterocycles. The first-order valence-corrected chi connectivity index (χ1v) is 37.9. The first kappa shape index (κ1) is 56.0. The van der Waals surface area contributed by atoms with Crippen LogP contribution in [0.3, 0.4) is 0 Å². The summed E-state index contributed by atoms with van der Waals surface area (Å²) in [5.41, 5.74) is 0.190. The van der Waals surface area contributed by atoms with Gasteiger partial charge >= 0.3 is 468 Å². The second kappa shape index (κ2) is 20.2. The molecular weight excluding hydrogens is 1190 g/mol. The minimum atomic E-state index is -6.70. The van der Waals surface area contributed by atoms with Crippen molar-refractivity contribution in [2.24, 2.45) is 0 Å². The average molecular weight is 1230 g/mol. The molecule has 409 valence electrons. The van der Waals surface area contributed by atoms with Gasteiger partial charge in [0, 0.05) is 0 Å². The Morgan fingerprint density at radius 2 is 0.800 bits per heavy atom. The van der Waals surface area contributed by atoms with Crippen LogP contribution in [0.15, 0.2) is 175 Å². The van der Waals surface area contributed by atoms with Gasteiger partial charge < -0.3 is 0 Å². The van der Waals surface area contributed by atoms with E-state index in [1.165, 1.54) is 0 Å². The number of allylic oxidation sites excluding steroid dienone is 2. The van der Waals surface area contributed by atoms with Gasteiger partial charge in [-0.1, -0.05) is 0 Å². The SMILES string of the molecule is CCCC1=Cc2c(ccc(-c3ccccc3)c2-c2cc(C(F)(F)F)cc(C(F)(F)F)c2)[CH]1[Zr]([Cl])([Cl])([c]1cccc2c1[SiH2]c1ccccc1-2)[CH]1C(CCC)=Cc2c1ccc(-c1ccccc1)c2-c1cc(C(F)(F)F)cc(C(F)(F)F)c1. The molecule has 2 atom stereocenters. The molecule has 0 saturated carbocycles. The van der Waals surface area contributed by atoms with Gasteiger partial charge in [0.1, 0.15) is 0 Å². The fraction of sp³-hybridized carbons (Fsp3) is 0.188. The van der Waals surface area contributed by atoms with Crippen molar-refractivity contribution in [1.82, 2.24) is 0 Å². The molecule has 11 rings (SSSR count). The van der Waals surface area contributed by atoms with Gasteiger partial charge in [-0.3, -0.25) is 0 Å². The Morgan fingerprint density at radius 1 is 0.412 bits per heavy atom. The molecule has 80 heavy (non-hydrogen) atoms. The Balaban J connectivity index is 1.27. The number of benzene rings is 8. The van der Waals surface area contributed by atoms with Crippen LogP contribution in [0.25, 0.3) is 67.8 Å². The monoisotopic (exact) mass is 1230 g/mol. The zero-order valence-electron chi connectivity index (χ0n) is 42.7. The van der Waals surface area contributed by atoms with E-state index in [4.69, 9.17) is 0 Å². The third kappa shape index (κ3) is 9.57. The van der Waals surface area contributed by atoms with Gasteiger partial charge in [0.25, 0.3) is 0 Å². The summed E-state index contributed by atoms with van der Waals surface area (Å²) in [6.45, 7) is 3.87. The van der Waals surface area contributed by atoms with Crippen molar-refractivity contribution in [3.8, 4) is 55.6 Å². The quantitative estimate of drug-likeness (QED) is 0.0894. The fourth-order valence-electron chi connectivity index (χ4n) is 12.9. The van der Waals surface area contributed by atoms with Crippen LogP contribution in [-0.4, -0.2) is 9.52 Å². The molecule has 3 aliphatic rings. The molecule has 16 heteroatoms. The van der Waals surface area contributed by atoms with E-state index in [0.717, 1.165) is 45.8 Å². The zero-order chi connectivity index (χ0) is 56.9. The topological polar surface area (TPSA) is 0 Å². The summed E-state index contributed by atoms with van der Waals surface area (Å²) in [6, 6.07) is 41.2. The van der Waals surface area contributed by atoms with Crippen LogP contribution in [0, 0.1) is 0 Å². The predicted octanol–water partition coefficient (Wildman–Crippen LogP) is 19.0. The molecule has 8 aromatic rings. The van der Waals surface area contributed by atoms with E-state index in [0.29, 0.717) is 84.6 Å². The molecule has 1 aliphatic heterocycles. The second-order valence-corrected chi connectivity index (χ2v) is 43.4. The molecule has 1 heterocycles. The minimum absolute atomic E-state index is 0.0990. The summed E-state index contributed by atoms with van der Waals surface area (Å²) in [4.78, 5) is 0. The van der Waals surface area contributed by atoms with E-state index in [2.05, 4.69) is 6.07 Å². The predicted molar refractivity (Wildman–Crippen MR) is 297 cm³/mol. The molecular formula is C64H47Cl2F12SiZr. The third-order valence-electron chi connectivity index (χ3n) is 16.0. The number of halogens is 14. The number of hydrogen-bond donors (Lipinski definition) is 0. The van der Waals surface area contributed by atoms with E-state index in [1.807, 2.05) is 74.5 Å². The molecule has 0 N–H and O–H groups in total. The molecule has 0 amide bonds. The van der Waals surface area contributed by atoms with Crippen molar-refractivity contribution in [3.63, 3.8) is 0 Å². The molecule has 2 unspecified atom stereocenters. The molecule has 0 nitrogen and oxygen atoms in total. The first-order valence-electron chi connectivity index (χ1n) is 26.0. The third-order valence-corrected chi connectivity index (χ3v) is 38.8. The standard InChI is InChI=1S/2C26H19F6.C12H9Si.2ClH.Zr/c2*1-2-6-16-11-18-9-10-22(17-7-4-3-5-8-17)24(23(18)12-16)19-13-20(25(27,28)29)15-21(14-19)26(30,31)32;1-3-7-11-9(5-1)10-6-2-4-8-12(10)13-11;;;/h2*3-5,7-15H,2,6H2,1H3;1-7H,13H2;2*1H;/q;;;;;+2/p-2. The van der Waals surface area contributed by atoms with Gasteiger partial charge in [-0.2, -0.15) is 0 Å². The average Bonchev–Trinajstić information content (AvgIpc) is 4.12. The Hall–Kier alpha value is -5.92. The second-order valence-electron chi connectivity index (χ2n) is 20.9. The summed E-state index contributed by atoms with van der Waals surface area (Å²) in [6.07, 6.45) is -15.4. The maximum atomic E-state index is 14.9. The molecule has 8 aromatic carbocycles. The molecule has 0 radical (unpaired) electrons. The summed E-state index contributed by atoms with van der Waals surface area (Å²) in [5, 5.41) is 2.08. The molecule has 0 spiro atoms. The van der Waals surface area contributed by atoms with E-state index < -0.39 is 80.1 Å². The van der Waals surface area contributed by atoms with E-state index in [9.17, 15) is 69.7 Å². The van der Waals surface area contributed by atoms with Crippen molar-refractivity contribution in [2.75, 3.05) is 0 Å². The van der Waals surface area contributed by atoms with Crippen LogP contribution in [0.4, 0.5) is 52.7 Å². The van der Waals surface area contributed by atoms with Crippen LogP contribution in [0.2, 0.25) is 0 Å². The van der Waals surface area contributed by atoms with Gasteiger partial charge in [0.15, 0.2) is 0 Å². The van der Waals surface area contributed by atoms with Gasteiger partial charge in [-0.05, 0) is 0 Å². The van der Waals surface area contributed by atoms with Gasteiger partial charge in [-0.15, -0.1) is 0 Å². The van der Waals surface area contributed by atoms with Crippen molar-refractivity contribution in [1.29, 1.82) is 0 Å². The summed E-state index contributed by atoms with van der Waals surface area (Å²) >= 11 is -6.70. The number of hydrogen-bond acceptors (Lipinski definition) is 0. The van der Waals surface area contributed by atoms with Gasteiger partial charge in [0.05, 0.1) is 0 Å². The Kier molecular flexibility index (Phi) is 14.1. The first-order chi connectivity index (χ1) is 37.8. The van der Waals surface area contributed by atoms with Gasteiger partial charge in [-0.25, -0.2) is 0 Å². The molecule has 0 bridgehead atoms. The fourth-order valence-corrected chi connectivity index (χ4v) is 40.9. The number of rotatable bonds is 11. The zero-order valence-corrected chi connectivity index (χ0v) is 48.1. The summed E-state index contributed by atoms with van der Waals surface area (Å²) in [7, 11) is 17.1. The van der Waals surface area contributed by atoms with Crippen LogP contribution >= 0.6 is 17.0 Å². The van der Waals surface area contributed by atoms with Crippen molar-refractivity contribution in [3.05, 3.63) is 219 Å². The Bertz CT molecular complexity index is 3570. The normalized spacial score (nSPS) is 16.9. The molecule has 0 aromatic heterocycles. The van der Waals surface area contributed by atoms with Crippen molar-refractivity contribution >= 4 is 52.3 Å². The van der Waals surface area contributed by atoms with E-state index in [-0.39, 0.29) is 34.4 Å². The number of alkyl halides is 12.